The first-order valence-corrected chi connectivity index (χ1v) is 6.64. The van der Waals surface area contributed by atoms with Gasteiger partial charge in [-0.1, -0.05) is 37.0 Å². The lowest BCUT2D eigenvalue weighted by atomic mass is 9.92. The first-order valence-electron chi connectivity index (χ1n) is 5.88. The van der Waals surface area contributed by atoms with Gasteiger partial charge in [0.1, 0.15) is 0 Å². The zero-order valence-electron chi connectivity index (χ0n) is 10.2. The fourth-order valence-electron chi connectivity index (χ4n) is 2.49. The van der Waals surface area contributed by atoms with Gasteiger partial charge in [0.05, 0.1) is 15.7 Å². The van der Waals surface area contributed by atoms with Gasteiger partial charge >= 0.3 is 0 Å². The van der Waals surface area contributed by atoms with E-state index in [1.807, 2.05) is 0 Å². The molecule has 2 nitrogen and oxygen atoms in total. The van der Waals surface area contributed by atoms with Gasteiger partial charge in [-0.25, -0.2) is 0 Å². The summed E-state index contributed by atoms with van der Waals surface area (Å²) in [6, 6.07) is 3.91. The van der Waals surface area contributed by atoms with Gasteiger partial charge in [-0.05, 0) is 36.8 Å². The molecule has 0 saturated heterocycles. The maximum absolute atomic E-state index is 6.16. The van der Waals surface area contributed by atoms with E-state index in [4.69, 9.17) is 28.9 Å². The quantitative estimate of drug-likeness (QED) is 0.775. The van der Waals surface area contributed by atoms with Crippen LogP contribution in [0.1, 0.15) is 33.1 Å². The normalized spacial score (nSPS) is 22.7. The smallest absolute Gasteiger partial charge is 0.0722 e. The molecule has 4 heteroatoms. The van der Waals surface area contributed by atoms with Crippen molar-refractivity contribution < 1.29 is 0 Å². The van der Waals surface area contributed by atoms with Gasteiger partial charge in [0, 0.05) is 11.7 Å². The third-order valence-corrected chi connectivity index (χ3v) is 3.98. The number of halogens is 2. The van der Waals surface area contributed by atoms with E-state index in [0.29, 0.717) is 27.2 Å². The molecule has 0 aliphatic heterocycles. The van der Waals surface area contributed by atoms with Crippen LogP contribution in [0.4, 0.5) is 11.4 Å². The van der Waals surface area contributed by atoms with Crippen molar-refractivity contribution in [2.45, 2.75) is 39.2 Å². The van der Waals surface area contributed by atoms with E-state index in [-0.39, 0.29) is 0 Å². The van der Waals surface area contributed by atoms with Crippen molar-refractivity contribution in [1.29, 1.82) is 0 Å². The number of anilines is 2. The number of hydrogen-bond acceptors (Lipinski definition) is 2. The SMILES string of the molecule is CC1(C)CCC(Nc2c(Cl)cc(N)cc2Cl)C1. The number of hydrogen-bond donors (Lipinski definition) is 2. The minimum atomic E-state index is 0.407. The Labute approximate surface area is 112 Å². The molecule has 3 N–H and O–H groups in total. The molecule has 0 aromatic heterocycles. The second kappa shape index (κ2) is 4.58. The fourth-order valence-corrected chi connectivity index (χ4v) is 3.11. The molecule has 0 bridgehead atoms. The summed E-state index contributed by atoms with van der Waals surface area (Å²) in [4.78, 5) is 0. The Morgan fingerprint density at radius 3 is 2.35 bits per heavy atom. The fraction of sp³-hybridized carbons (Fsp3) is 0.538. The highest BCUT2D eigenvalue weighted by atomic mass is 35.5. The van der Waals surface area contributed by atoms with Crippen LogP contribution < -0.4 is 11.1 Å². The summed E-state index contributed by atoms with van der Waals surface area (Å²) in [5.74, 6) is 0. The van der Waals surface area contributed by atoms with Gasteiger partial charge in [-0.15, -0.1) is 0 Å². The predicted molar refractivity (Wildman–Crippen MR) is 75.9 cm³/mol. The highest BCUT2D eigenvalue weighted by Gasteiger charge is 2.31. The highest BCUT2D eigenvalue weighted by Crippen LogP contribution is 2.41. The van der Waals surface area contributed by atoms with E-state index < -0.39 is 0 Å². The summed E-state index contributed by atoms with van der Waals surface area (Å²) >= 11 is 12.3. The van der Waals surface area contributed by atoms with E-state index in [1.54, 1.807) is 12.1 Å². The average molecular weight is 273 g/mol. The first-order chi connectivity index (χ1) is 7.87. The largest absolute Gasteiger partial charge is 0.399 e. The van der Waals surface area contributed by atoms with E-state index in [0.717, 1.165) is 18.5 Å². The molecule has 1 fully saturated rings. The molecule has 1 unspecified atom stereocenters. The molecule has 1 aliphatic rings. The lowest BCUT2D eigenvalue weighted by Crippen LogP contribution is -2.18. The van der Waals surface area contributed by atoms with Gasteiger partial charge in [-0.3, -0.25) is 0 Å². The van der Waals surface area contributed by atoms with Crippen LogP contribution >= 0.6 is 23.2 Å². The minimum absolute atomic E-state index is 0.407. The minimum Gasteiger partial charge on any atom is -0.399 e. The molecule has 94 valence electrons. The molecule has 0 amide bonds. The zero-order valence-corrected chi connectivity index (χ0v) is 11.7. The highest BCUT2D eigenvalue weighted by molar-refractivity contribution is 6.39. The third-order valence-electron chi connectivity index (χ3n) is 3.38. The molecule has 1 saturated carbocycles. The van der Waals surface area contributed by atoms with Crippen LogP contribution in [-0.4, -0.2) is 6.04 Å². The van der Waals surface area contributed by atoms with E-state index >= 15 is 0 Å². The molecule has 0 spiro atoms. The number of rotatable bonds is 2. The van der Waals surface area contributed by atoms with Crippen LogP contribution in [0.25, 0.3) is 0 Å². The maximum atomic E-state index is 6.16. The van der Waals surface area contributed by atoms with Crippen molar-refractivity contribution in [1.82, 2.24) is 0 Å². The van der Waals surface area contributed by atoms with Crippen LogP contribution in [0.2, 0.25) is 10.0 Å². The van der Waals surface area contributed by atoms with Crippen molar-refractivity contribution in [2.24, 2.45) is 5.41 Å². The Kier molecular flexibility index (Phi) is 3.46. The number of nitrogens with one attached hydrogen (secondary N) is 1. The van der Waals surface area contributed by atoms with Gasteiger partial charge < -0.3 is 11.1 Å². The summed E-state index contributed by atoms with van der Waals surface area (Å²) in [6.07, 6.45) is 3.53. The van der Waals surface area contributed by atoms with Gasteiger partial charge in [0.25, 0.3) is 0 Å². The van der Waals surface area contributed by atoms with Crippen LogP contribution in [0.5, 0.6) is 0 Å². The van der Waals surface area contributed by atoms with Crippen molar-refractivity contribution >= 4 is 34.6 Å². The summed E-state index contributed by atoms with van der Waals surface area (Å²) < 4.78 is 0. The molecule has 1 aromatic carbocycles. The van der Waals surface area contributed by atoms with Crippen molar-refractivity contribution in [2.75, 3.05) is 11.1 Å². The van der Waals surface area contributed by atoms with Gasteiger partial charge in [0.2, 0.25) is 0 Å². The molecule has 0 radical (unpaired) electrons. The van der Waals surface area contributed by atoms with Crippen molar-refractivity contribution in [3.63, 3.8) is 0 Å². The standard InChI is InChI=1S/C13H18Cl2N2/c1-13(2)4-3-9(7-13)17-12-10(14)5-8(16)6-11(12)15/h5-6,9,17H,3-4,7,16H2,1-2H3. The molecule has 0 heterocycles. The van der Waals surface area contributed by atoms with Crippen molar-refractivity contribution in [3.05, 3.63) is 22.2 Å². The lowest BCUT2D eigenvalue weighted by molar-refractivity contribution is 0.378. The van der Waals surface area contributed by atoms with Gasteiger partial charge in [-0.2, -0.15) is 0 Å². The Hall–Kier alpha value is -0.600. The predicted octanol–water partition coefficient (Wildman–Crippen LogP) is 4.57. The lowest BCUT2D eigenvalue weighted by Gasteiger charge is -2.20. The Bertz CT molecular complexity index is 406. The summed E-state index contributed by atoms with van der Waals surface area (Å²) in [6.45, 7) is 4.59. The number of nitrogen functional groups attached to an aromatic ring is 1. The molecular formula is C13H18Cl2N2. The average Bonchev–Trinajstić information content (AvgIpc) is 2.52. The summed E-state index contributed by atoms with van der Waals surface area (Å²) in [7, 11) is 0. The van der Waals surface area contributed by atoms with Crippen LogP contribution in [-0.2, 0) is 0 Å². The Balaban J connectivity index is 2.15. The van der Waals surface area contributed by atoms with Crippen molar-refractivity contribution in [3.8, 4) is 0 Å². The number of benzene rings is 1. The van der Waals surface area contributed by atoms with E-state index in [2.05, 4.69) is 19.2 Å². The molecule has 2 rings (SSSR count). The summed E-state index contributed by atoms with van der Waals surface area (Å²) in [5.41, 5.74) is 7.50. The monoisotopic (exact) mass is 272 g/mol. The molecule has 1 aliphatic carbocycles. The molecular weight excluding hydrogens is 255 g/mol. The summed E-state index contributed by atoms with van der Waals surface area (Å²) in [5, 5.41) is 4.63. The van der Waals surface area contributed by atoms with Gasteiger partial charge in [0.15, 0.2) is 0 Å². The van der Waals surface area contributed by atoms with Crippen LogP contribution in [0.15, 0.2) is 12.1 Å². The molecule has 17 heavy (non-hydrogen) atoms. The van der Waals surface area contributed by atoms with Crippen LogP contribution in [0, 0.1) is 5.41 Å². The van der Waals surface area contributed by atoms with E-state index in [9.17, 15) is 0 Å². The first kappa shape index (κ1) is 12.8. The number of nitrogens with two attached hydrogens (primary N) is 1. The Morgan fingerprint density at radius 2 is 1.88 bits per heavy atom. The second-order valence-corrected chi connectivity index (χ2v) is 6.42. The second-order valence-electron chi connectivity index (χ2n) is 5.61. The van der Waals surface area contributed by atoms with Crippen LogP contribution in [0.3, 0.4) is 0 Å². The topological polar surface area (TPSA) is 38.0 Å². The maximum Gasteiger partial charge on any atom is 0.0722 e. The van der Waals surface area contributed by atoms with E-state index in [1.165, 1.54) is 6.42 Å². The molecule has 1 atom stereocenters. The Morgan fingerprint density at radius 1 is 1.29 bits per heavy atom. The molecule has 1 aromatic rings. The zero-order chi connectivity index (χ0) is 12.6. The third kappa shape index (κ3) is 2.99.